The van der Waals surface area contributed by atoms with Gasteiger partial charge in [-0.1, -0.05) is 6.07 Å². The molecule has 1 N–H and O–H groups in total. The summed E-state index contributed by atoms with van der Waals surface area (Å²) < 4.78 is 0.525. The summed E-state index contributed by atoms with van der Waals surface area (Å²) in [6.45, 7) is 1.84. The van der Waals surface area contributed by atoms with Gasteiger partial charge in [0.05, 0.1) is 6.07 Å². The van der Waals surface area contributed by atoms with Gasteiger partial charge in [0.15, 0.2) is 6.10 Å². The highest BCUT2D eigenvalue weighted by molar-refractivity contribution is 9.10. The molecule has 0 aliphatic rings. The molecule has 0 saturated carbocycles. The van der Waals surface area contributed by atoms with E-state index in [4.69, 9.17) is 10.4 Å². The Hall–Kier alpha value is -0.920. The number of aliphatic hydroxyl groups is 1. The number of halogens is 1. The highest BCUT2D eigenvalue weighted by Gasteiger charge is 2.10. The molecule has 0 fully saturated rings. The fourth-order valence-electron chi connectivity index (χ4n) is 0.809. The standard InChI is InChI=1S/C8H7BrN2O/c1-5-2-3-6(7(12)4-10)8(9)11-5/h2-3,7,12H,1H3. The lowest BCUT2D eigenvalue weighted by atomic mass is 10.2. The number of aromatic nitrogens is 1. The fourth-order valence-corrected chi connectivity index (χ4v) is 1.44. The van der Waals surface area contributed by atoms with E-state index in [0.717, 1.165) is 5.69 Å². The smallest absolute Gasteiger partial charge is 0.168 e. The normalized spacial score (nSPS) is 12.2. The van der Waals surface area contributed by atoms with Crippen LogP contribution in [0.25, 0.3) is 0 Å². The molecule has 4 heteroatoms. The Labute approximate surface area is 78.8 Å². The summed E-state index contributed by atoms with van der Waals surface area (Å²) in [5.74, 6) is 0. The molecule has 1 heterocycles. The molecule has 0 bridgehead atoms. The minimum absolute atomic E-state index is 0.503. The summed E-state index contributed by atoms with van der Waals surface area (Å²) in [7, 11) is 0. The van der Waals surface area contributed by atoms with Crippen LogP contribution in [0.4, 0.5) is 0 Å². The van der Waals surface area contributed by atoms with E-state index in [1.807, 2.05) is 6.92 Å². The lowest BCUT2D eigenvalue weighted by Gasteiger charge is -2.04. The van der Waals surface area contributed by atoms with Crippen molar-refractivity contribution in [1.29, 1.82) is 5.26 Å². The van der Waals surface area contributed by atoms with Gasteiger partial charge in [0.1, 0.15) is 4.60 Å². The van der Waals surface area contributed by atoms with Crippen LogP contribution < -0.4 is 0 Å². The van der Waals surface area contributed by atoms with Gasteiger partial charge < -0.3 is 5.11 Å². The third kappa shape index (κ3) is 1.81. The molecule has 1 unspecified atom stereocenters. The van der Waals surface area contributed by atoms with Gasteiger partial charge in [-0.05, 0) is 28.9 Å². The third-order valence-corrected chi connectivity index (χ3v) is 2.07. The Morgan fingerprint density at radius 2 is 2.33 bits per heavy atom. The quantitative estimate of drug-likeness (QED) is 0.586. The Morgan fingerprint density at radius 1 is 1.67 bits per heavy atom. The van der Waals surface area contributed by atoms with Crippen molar-refractivity contribution in [3.8, 4) is 6.07 Å². The van der Waals surface area contributed by atoms with E-state index < -0.39 is 6.10 Å². The average molecular weight is 227 g/mol. The van der Waals surface area contributed by atoms with E-state index >= 15 is 0 Å². The van der Waals surface area contributed by atoms with Crippen molar-refractivity contribution < 1.29 is 5.11 Å². The molecule has 0 saturated heterocycles. The van der Waals surface area contributed by atoms with Gasteiger partial charge in [0.25, 0.3) is 0 Å². The van der Waals surface area contributed by atoms with Crippen molar-refractivity contribution in [2.24, 2.45) is 0 Å². The monoisotopic (exact) mass is 226 g/mol. The fraction of sp³-hybridized carbons (Fsp3) is 0.250. The van der Waals surface area contributed by atoms with Gasteiger partial charge in [-0.2, -0.15) is 5.26 Å². The van der Waals surface area contributed by atoms with Crippen molar-refractivity contribution >= 4 is 15.9 Å². The predicted octanol–water partition coefficient (Wildman–Crippen LogP) is 1.71. The van der Waals surface area contributed by atoms with E-state index in [2.05, 4.69) is 20.9 Å². The average Bonchev–Trinajstić information content (AvgIpc) is 2.03. The second kappa shape index (κ2) is 3.65. The molecule has 12 heavy (non-hydrogen) atoms. The molecule has 1 rings (SSSR count). The van der Waals surface area contributed by atoms with Crippen LogP contribution in [0, 0.1) is 18.3 Å². The molecule has 0 aliphatic carbocycles. The molecule has 0 spiro atoms. The minimum Gasteiger partial charge on any atom is -0.374 e. The summed E-state index contributed by atoms with van der Waals surface area (Å²) in [6, 6.07) is 5.16. The van der Waals surface area contributed by atoms with Gasteiger partial charge in [0, 0.05) is 11.3 Å². The molecular weight excluding hydrogens is 220 g/mol. The van der Waals surface area contributed by atoms with Crippen LogP contribution in [0.2, 0.25) is 0 Å². The second-order valence-corrected chi connectivity index (χ2v) is 3.12. The van der Waals surface area contributed by atoms with Crippen LogP contribution in [0.1, 0.15) is 17.4 Å². The largest absolute Gasteiger partial charge is 0.374 e. The summed E-state index contributed by atoms with van der Waals surface area (Å²) in [4.78, 5) is 4.05. The molecular formula is C8H7BrN2O. The molecule has 0 amide bonds. The molecule has 0 radical (unpaired) electrons. The SMILES string of the molecule is Cc1ccc(C(O)C#N)c(Br)n1. The summed E-state index contributed by atoms with van der Waals surface area (Å²) in [5, 5.41) is 17.6. The maximum Gasteiger partial charge on any atom is 0.168 e. The first kappa shape index (κ1) is 9.17. The molecule has 0 aliphatic heterocycles. The van der Waals surface area contributed by atoms with Crippen molar-refractivity contribution in [2.45, 2.75) is 13.0 Å². The summed E-state index contributed by atoms with van der Waals surface area (Å²) in [5.41, 5.74) is 1.35. The third-order valence-electron chi connectivity index (χ3n) is 1.43. The van der Waals surface area contributed by atoms with Gasteiger partial charge in [0.2, 0.25) is 0 Å². The zero-order valence-electron chi connectivity index (χ0n) is 6.45. The van der Waals surface area contributed by atoms with E-state index in [-0.39, 0.29) is 0 Å². The van der Waals surface area contributed by atoms with Crippen LogP contribution in [0.15, 0.2) is 16.7 Å². The maximum atomic E-state index is 9.17. The zero-order chi connectivity index (χ0) is 9.14. The van der Waals surface area contributed by atoms with Gasteiger partial charge in [-0.15, -0.1) is 0 Å². The molecule has 62 valence electrons. The van der Waals surface area contributed by atoms with E-state index in [1.54, 1.807) is 18.2 Å². The van der Waals surface area contributed by atoms with Crippen molar-refractivity contribution in [1.82, 2.24) is 4.98 Å². The van der Waals surface area contributed by atoms with Crippen LogP contribution >= 0.6 is 15.9 Å². The first-order valence-electron chi connectivity index (χ1n) is 3.36. The number of pyridine rings is 1. The Morgan fingerprint density at radius 3 is 2.83 bits per heavy atom. The van der Waals surface area contributed by atoms with Gasteiger partial charge in [-0.3, -0.25) is 0 Å². The molecule has 1 aromatic heterocycles. The topological polar surface area (TPSA) is 56.9 Å². The van der Waals surface area contributed by atoms with E-state index in [0.29, 0.717) is 10.2 Å². The van der Waals surface area contributed by atoms with Crippen molar-refractivity contribution in [3.63, 3.8) is 0 Å². The highest BCUT2D eigenvalue weighted by Crippen LogP contribution is 2.20. The zero-order valence-corrected chi connectivity index (χ0v) is 8.04. The van der Waals surface area contributed by atoms with Crippen molar-refractivity contribution in [3.05, 3.63) is 28.0 Å². The van der Waals surface area contributed by atoms with E-state index in [9.17, 15) is 0 Å². The maximum absolute atomic E-state index is 9.17. The summed E-state index contributed by atoms with van der Waals surface area (Å²) >= 11 is 3.17. The summed E-state index contributed by atoms with van der Waals surface area (Å²) in [6.07, 6.45) is -1.10. The van der Waals surface area contributed by atoms with Gasteiger partial charge >= 0.3 is 0 Å². The highest BCUT2D eigenvalue weighted by atomic mass is 79.9. The van der Waals surface area contributed by atoms with E-state index in [1.165, 1.54) is 0 Å². The number of rotatable bonds is 1. The van der Waals surface area contributed by atoms with Crippen LogP contribution in [-0.2, 0) is 0 Å². The predicted molar refractivity (Wildman–Crippen MR) is 47.2 cm³/mol. The molecule has 1 aromatic rings. The number of aryl methyl sites for hydroxylation is 1. The number of nitriles is 1. The number of hydrogen-bond acceptors (Lipinski definition) is 3. The number of aliphatic hydroxyl groups excluding tert-OH is 1. The Balaban J connectivity index is 3.11. The first-order valence-corrected chi connectivity index (χ1v) is 4.15. The Kier molecular flexibility index (Phi) is 2.79. The van der Waals surface area contributed by atoms with Crippen LogP contribution in [0.5, 0.6) is 0 Å². The Bertz CT molecular complexity index is 332. The number of nitrogens with zero attached hydrogens (tertiary/aromatic N) is 2. The van der Waals surface area contributed by atoms with Crippen LogP contribution in [-0.4, -0.2) is 10.1 Å². The molecule has 1 atom stereocenters. The second-order valence-electron chi connectivity index (χ2n) is 2.36. The molecule has 0 aromatic carbocycles. The lowest BCUT2D eigenvalue weighted by Crippen LogP contribution is -1.97. The van der Waals surface area contributed by atoms with Gasteiger partial charge in [-0.25, -0.2) is 4.98 Å². The first-order chi connectivity index (χ1) is 5.65. The number of hydrogen-bond donors (Lipinski definition) is 1. The lowest BCUT2D eigenvalue weighted by molar-refractivity contribution is 0.234. The minimum atomic E-state index is -1.10. The van der Waals surface area contributed by atoms with Crippen LogP contribution in [0.3, 0.4) is 0 Å². The molecule has 3 nitrogen and oxygen atoms in total. The van der Waals surface area contributed by atoms with Crippen molar-refractivity contribution in [2.75, 3.05) is 0 Å².